The first kappa shape index (κ1) is 19.4. The van der Waals surface area contributed by atoms with Gasteiger partial charge in [0.2, 0.25) is 5.89 Å². The van der Waals surface area contributed by atoms with E-state index in [1.54, 1.807) is 31.4 Å². The van der Waals surface area contributed by atoms with Crippen LogP contribution in [0.5, 0.6) is 5.75 Å². The van der Waals surface area contributed by atoms with E-state index >= 15 is 0 Å². The molecule has 3 rings (SSSR count). The van der Waals surface area contributed by atoms with E-state index in [2.05, 4.69) is 27.4 Å². The standard InChI is InChI=1S/C17H22N4O3.ClH/c1-21-10-9-18-11-14(21)17-19-16(24-20-17)8-7-15(22)12-3-5-13(23-2)6-4-12;/h3-6,14,18H,7-11H2,1-2H3;1H. The quantitative estimate of drug-likeness (QED) is 0.782. The number of carbonyl (C=O) groups is 1. The average Bonchev–Trinajstić information content (AvgIpc) is 3.09. The van der Waals surface area contributed by atoms with E-state index in [1.807, 2.05) is 0 Å². The van der Waals surface area contributed by atoms with E-state index < -0.39 is 0 Å². The summed E-state index contributed by atoms with van der Waals surface area (Å²) in [6, 6.07) is 7.22. The number of aryl methyl sites for hydroxylation is 1. The zero-order valence-corrected chi connectivity index (χ0v) is 15.2. The monoisotopic (exact) mass is 366 g/mol. The molecule has 2 aromatic rings. The summed E-state index contributed by atoms with van der Waals surface area (Å²) in [5.41, 5.74) is 0.659. The average molecular weight is 367 g/mol. The first-order chi connectivity index (χ1) is 11.7. The first-order valence-electron chi connectivity index (χ1n) is 8.08. The molecule has 1 atom stereocenters. The van der Waals surface area contributed by atoms with Gasteiger partial charge in [0.15, 0.2) is 11.6 Å². The molecule has 0 aliphatic carbocycles. The van der Waals surface area contributed by atoms with Gasteiger partial charge in [-0.15, -0.1) is 12.4 Å². The maximum absolute atomic E-state index is 12.2. The van der Waals surface area contributed by atoms with Gasteiger partial charge in [0.1, 0.15) is 5.75 Å². The van der Waals surface area contributed by atoms with Crippen molar-refractivity contribution in [2.24, 2.45) is 0 Å². The normalized spacial score (nSPS) is 17.8. The number of hydrogen-bond donors (Lipinski definition) is 1. The Morgan fingerprint density at radius 3 is 2.84 bits per heavy atom. The second kappa shape index (κ2) is 8.94. The number of ether oxygens (including phenoxy) is 1. The molecule has 1 aliphatic rings. The molecule has 2 heterocycles. The van der Waals surface area contributed by atoms with Crippen LogP contribution in [0.1, 0.15) is 34.5 Å². The second-order valence-electron chi connectivity index (χ2n) is 5.90. The minimum Gasteiger partial charge on any atom is -0.497 e. The summed E-state index contributed by atoms with van der Waals surface area (Å²) >= 11 is 0. The van der Waals surface area contributed by atoms with Crippen molar-refractivity contribution in [3.8, 4) is 5.75 Å². The summed E-state index contributed by atoms with van der Waals surface area (Å²) in [6.45, 7) is 2.72. The van der Waals surface area contributed by atoms with Gasteiger partial charge in [0, 0.05) is 38.0 Å². The van der Waals surface area contributed by atoms with E-state index in [1.165, 1.54) is 0 Å². The lowest BCUT2D eigenvalue weighted by atomic mass is 10.1. The number of nitrogens with zero attached hydrogens (tertiary/aromatic N) is 3. The third kappa shape index (κ3) is 4.78. The van der Waals surface area contributed by atoms with Crippen LogP contribution < -0.4 is 10.1 Å². The molecule has 1 aliphatic heterocycles. The second-order valence-corrected chi connectivity index (χ2v) is 5.90. The molecule has 0 amide bonds. The number of rotatable bonds is 6. The Hall–Kier alpha value is -1.96. The molecule has 0 spiro atoms. The summed E-state index contributed by atoms with van der Waals surface area (Å²) in [5.74, 6) is 1.97. The van der Waals surface area contributed by atoms with Gasteiger partial charge >= 0.3 is 0 Å². The van der Waals surface area contributed by atoms with Crippen LogP contribution in [0.15, 0.2) is 28.8 Å². The molecule has 25 heavy (non-hydrogen) atoms. The summed E-state index contributed by atoms with van der Waals surface area (Å²) in [7, 11) is 3.65. The van der Waals surface area contributed by atoms with Gasteiger partial charge in [-0.3, -0.25) is 9.69 Å². The number of aromatic nitrogens is 2. The molecule has 8 heteroatoms. The summed E-state index contributed by atoms with van der Waals surface area (Å²) < 4.78 is 10.4. The lowest BCUT2D eigenvalue weighted by molar-refractivity contribution is 0.0979. The number of methoxy groups -OCH3 is 1. The number of halogens is 1. The van der Waals surface area contributed by atoms with Crippen molar-refractivity contribution >= 4 is 18.2 Å². The molecule has 1 aromatic heterocycles. The highest BCUT2D eigenvalue weighted by molar-refractivity contribution is 5.96. The van der Waals surface area contributed by atoms with E-state index in [0.29, 0.717) is 30.1 Å². The van der Waals surface area contributed by atoms with Crippen molar-refractivity contribution in [1.29, 1.82) is 0 Å². The van der Waals surface area contributed by atoms with Gasteiger partial charge in [0.05, 0.1) is 13.2 Å². The molecule has 1 fully saturated rings. The van der Waals surface area contributed by atoms with E-state index in [4.69, 9.17) is 9.26 Å². The lowest BCUT2D eigenvalue weighted by Crippen LogP contribution is -2.44. The van der Waals surface area contributed by atoms with Crippen LogP contribution in [0.3, 0.4) is 0 Å². The molecule has 0 bridgehead atoms. The van der Waals surface area contributed by atoms with Crippen LogP contribution in [0.2, 0.25) is 0 Å². The Labute approximate surface area is 153 Å². The molecule has 1 N–H and O–H groups in total. The van der Waals surface area contributed by atoms with Gasteiger partial charge in [-0.1, -0.05) is 5.16 Å². The fourth-order valence-corrected chi connectivity index (χ4v) is 2.74. The molecule has 0 saturated carbocycles. The van der Waals surface area contributed by atoms with Crippen LogP contribution >= 0.6 is 12.4 Å². The van der Waals surface area contributed by atoms with E-state index in [-0.39, 0.29) is 24.2 Å². The number of likely N-dealkylation sites (N-methyl/N-ethyl adjacent to an activating group) is 1. The number of benzene rings is 1. The van der Waals surface area contributed by atoms with Crippen molar-refractivity contribution in [2.45, 2.75) is 18.9 Å². The Bertz CT molecular complexity index is 689. The summed E-state index contributed by atoms with van der Waals surface area (Å²) in [5, 5.41) is 7.39. The maximum atomic E-state index is 12.2. The smallest absolute Gasteiger partial charge is 0.227 e. The maximum Gasteiger partial charge on any atom is 0.227 e. The molecular weight excluding hydrogens is 344 g/mol. The van der Waals surface area contributed by atoms with Crippen molar-refractivity contribution in [2.75, 3.05) is 33.8 Å². The minimum atomic E-state index is 0. The number of carbonyl (C=O) groups excluding carboxylic acids is 1. The Balaban J connectivity index is 0.00000225. The van der Waals surface area contributed by atoms with Crippen molar-refractivity contribution in [3.63, 3.8) is 0 Å². The van der Waals surface area contributed by atoms with Crippen LogP contribution in [0.25, 0.3) is 0 Å². The molecule has 0 radical (unpaired) electrons. The van der Waals surface area contributed by atoms with Gasteiger partial charge in [-0.05, 0) is 31.3 Å². The lowest BCUT2D eigenvalue weighted by Gasteiger charge is -2.30. The molecule has 1 aromatic carbocycles. The highest BCUT2D eigenvalue weighted by Crippen LogP contribution is 2.18. The van der Waals surface area contributed by atoms with Gasteiger partial charge in [0.25, 0.3) is 0 Å². The third-order valence-electron chi connectivity index (χ3n) is 4.27. The van der Waals surface area contributed by atoms with Crippen LogP contribution in [0, 0.1) is 0 Å². The zero-order chi connectivity index (χ0) is 16.9. The van der Waals surface area contributed by atoms with Gasteiger partial charge < -0.3 is 14.6 Å². The molecule has 1 unspecified atom stereocenters. The first-order valence-corrected chi connectivity index (χ1v) is 8.08. The number of piperazine rings is 1. The summed E-state index contributed by atoms with van der Waals surface area (Å²) in [6.07, 6.45) is 0.786. The molecule has 1 saturated heterocycles. The van der Waals surface area contributed by atoms with Gasteiger partial charge in [-0.2, -0.15) is 4.98 Å². The highest BCUT2D eigenvalue weighted by Gasteiger charge is 2.25. The number of Topliss-reactive ketones (excluding diaryl/α,β-unsaturated/α-hetero) is 1. The molecule has 7 nitrogen and oxygen atoms in total. The topological polar surface area (TPSA) is 80.5 Å². The van der Waals surface area contributed by atoms with E-state index in [9.17, 15) is 4.79 Å². The molecule has 136 valence electrons. The fraction of sp³-hybridized carbons (Fsp3) is 0.471. The Morgan fingerprint density at radius 1 is 1.40 bits per heavy atom. The van der Waals surface area contributed by atoms with Crippen molar-refractivity contribution < 1.29 is 14.1 Å². The van der Waals surface area contributed by atoms with Crippen LogP contribution in [-0.4, -0.2) is 54.6 Å². The summed E-state index contributed by atoms with van der Waals surface area (Å²) in [4.78, 5) is 18.9. The van der Waals surface area contributed by atoms with Gasteiger partial charge in [-0.25, -0.2) is 0 Å². The fourth-order valence-electron chi connectivity index (χ4n) is 2.74. The number of nitrogens with one attached hydrogen (secondary N) is 1. The third-order valence-corrected chi connectivity index (χ3v) is 4.27. The number of ketones is 1. The largest absolute Gasteiger partial charge is 0.497 e. The van der Waals surface area contributed by atoms with Crippen LogP contribution in [0.4, 0.5) is 0 Å². The SMILES string of the molecule is COc1ccc(C(=O)CCc2nc(C3CNCCN3C)no2)cc1.Cl. The zero-order valence-electron chi connectivity index (χ0n) is 14.4. The van der Waals surface area contributed by atoms with Crippen LogP contribution in [-0.2, 0) is 6.42 Å². The van der Waals surface area contributed by atoms with Crippen molar-refractivity contribution in [1.82, 2.24) is 20.4 Å². The predicted octanol–water partition coefficient (Wildman–Crippen LogP) is 1.89. The molecular formula is C17H23ClN4O3. The van der Waals surface area contributed by atoms with E-state index in [0.717, 1.165) is 25.4 Å². The highest BCUT2D eigenvalue weighted by atomic mass is 35.5. The Morgan fingerprint density at radius 2 is 2.16 bits per heavy atom. The van der Waals surface area contributed by atoms with Crippen molar-refractivity contribution in [3.05, 3.63) is 41.5 Å². The predicted molar refractivity (Wildman–Crippen MR) is 95.4 cm³/mol. The number of hydrogen-bond acceptors (Lipinski definition) is 7. The minimum absolute atomic E-state index is 0. The Kier molecular flexibility index (Phi) is 6.92.